The van der Waals surface area contributed by atoms with E-state index in [-0.39, 0.29) is 29.4 Å². The van der Waals surface area contributed by atoms with E-state index in [1.807, 2.05) is 6.92 Å². The fourth-order valence-electron chi connectivity index (χ4n) is 3.89. The molecular weight excluding hydrogens is 596 g/mol. The van der Waals surface area contributed by atoms with Crippen molar-refractivity contribution in [3.63, 3.8) is 0 Å². The maximum atomic E-state index is 13.6. The van der Waals surface area contributed by atoms with Crippen molar-refractivity contribution in [2.45, 2.75) is 24.9 Å². The Balaban J connectivity index is 1.43. The summed E-state index contributed by atoms with van der Waals surface area (Å²) >= 11 is 6.00. The number of anilines is 1. The quantitative estimate of drug-likeness (QED) is 0.140. The van der Waals surface area contributed by atoms with E-state index >= 15 is 0 Å². The molecule has 0 saturated heterocycles. The Bertz CT molecular complexity index is 1720. The first-order valence-corrected chi connectivity index (χ1v) is 14.7. The number of benzene rings is 3. The van der Waals surface area contributed by atoms with Crippen molar-refractivity contribution < 1.29 is 31.9 Å². The highest BCUT2D eigenvalue weighted by molar-refractivity contribution is 7.89. The number of nitrogens with one attached hydrogen (secondary N) is 2. The number of furan rings is 1. The van der Waals surface area contributed by atoms with Gasteiger partial charge < -0.3 is 19.2 Å². The smallest absolute Gasteiger partial charge is 0.329 e. The molecule has 0 aliphatic rings. The van der Waals surface area contributed by atoms with Gasteiger partial charge in [0.1, 0.15) is 23.0 Å². The third-order valence-corrected chi connectivity index (χ3v) is 8.22. The van der Waals surface area contributed by atoms with Crippen molar-refractivity contribution >= 4 is 45.3 Å². The Hall–Kier alpha value is -4.65. The molecule has 43 heavy (non-hydrogen) atoms. The lowest BCUT2D eigenvalue weighted by atomic mass is 10.2. The first kappa shape index (κ1) is 31.3. The van der Waals surface area contributed by atoms with Crippen molar-refractivity contribution in [2.24, 2.45) is 5.10 Å². The number of carbonyl (C=O) groups is 2. The van der Waals surface area contributed by atoms with Gasteiger partial charge in [0.2, 0.25) is 10.0 Å². The average molecular weight is 625 g/mol. The Morgan fingerprint density at radius 1 is 0.930 bits per heavy atom. The summed E-state index contributed by atoms with van der Waals surface area (Å²) in [6.07, 6.45) is 1.20. The van der Waals surface area contributed by atoms with Crippen LogP contribution >= 0.6 is 11.6 Å². The molecule has 1 heterocycles. The lowest BCUT2D eigenvalue weighted by Crippen LogP contribution is -2.32. The summed E-state index contributed by atoms with van der Waals surface area (Å²) in [6, 6.07) is 21.3. The number of aryl methyl sites for hydroxylation is 1. The van der Waals surface area contributed by atoms with Crippen LogP contribution in [-0.2, 0) is 32.7 Å². The van der Waals surface area contributed by atoms with E-state index < -0.39 is 21.8 Å². The second-order valence-corrected chi connectivity index (χ2v) is 11.6. The molecule has 4 rings (SSSR count). The average Bonchev–Trinajstić information content (AvgIpc) is 3.45. The van der Waals surface area contributed by atoms with Crippen LogP contribution in [0.3, 0.4) is 0 Å². The van der Waals surface area contributed by atoms with Crippen molar-refractivity contribution in [1.29, 1.82) is 0 Å². The number of hydrogen-bond donors (Lipinski definition) is 2. The predicted molar refractivity (Wildman–Crippen MR) is 162 cm³/mol. The van der Waals surface area contributed by atoms with E-state index in [9.17, 15) is 18.0 Å². The predicted octanol–water partition coefficient (Wildman–Crippen LogP) is 4.74. The molecule has 0 radical (unpaired) electrons. The van der Waals surface area contributed by atoms with Crippen LogP contribution < -0.4 is 20.2 Å². The SMILES string of the molecule is COc1ccc(NC(=O)C(=O)N/N=C/c2ccc(CN(Cc3ccc(Cl)cc3)S(=O)(=O)c3ccc(C)cc3)o2)c(OC)c1. The summed E-state index contributed by atoms with van der Waals surface area (Å²) in [5.74, 6) is -0.614. The highest BCUT2D eigenvalue weighted by Crippen LogP contribution is 2.29. The third kappa shape index (κ3) is 8.22. The molecule has 0 aliphatic carbocycles. The highest BCUT2D eigenvalue weighted by atomic mass is 35.5. The Morgan fingerprint density at radius 3 is 2.33 bits per heavy atom. The van der Waals surface area contributed by atoms with Crippen molar-refractivity contribution in [2.75, 3.05) is 19.5 Å². The zero-order chi connectivity index (χ0) is 31.0. The van der Waals surface area contributed by atoms with Gasteiger partial charge >= 0.3 is 11.8 Å². The molecule has 11 nitrogen and oxygen atoms in total. The number of methoxy groups -OCH3 is 2. The Kier molecular flexibility index (Phi) is 10.2. The van der Waals surface area contributed by atoms with Crippen LogP contribution in [-0.4, -0.2) is 45.0 Å². The number of nitrogens with zero attached hydrogens (tertiary/aromatic N) is 2. The van der Waals surface area contributed by atoms with Gasteiger partial charge in [-0.05, 0) is 61.0 Å². The second-order valence-electron chi connectivity index (χ2n) is 9.24. The molecule has 0 fully saturated rings. The standard InChI is InChI=1S/C30H29ClN4O7S/c1-20-4-13-26(14-5-20)43(38,39)35(18-21-6-8-22(31)9-7-21)19-25-11-10-24(42-25)17-32-34-30(37)29(36)33-27-15-12-23(40-2)16-28(27)41-3/h4-17H,18-19H2,1-3H3,(H,33,36)(H,34,37)/b32-17+. The fraction of sp³-hybridized carbons (Fsp3) is 0.167. The number of hydrazone groups is 1. The Labute approximate surface area is 254 Å². The van der Waals surface area contributed by atoms with Gasteiger partial charge in [-0.3, -0.25) is 9.59 Å². The molecule has 0 saturated carbocycles. The number of rotatable bonds is 11. The van der Waals surface area contributed by atoms with Crippen LogP contribution in [0.15, 0.2) is 93.3 Å². The van der Waals surface area contributed by atoms with Crippen LogP contribution in [0.1, 0.15) is 22.6 Å². The van der Waals surface area contributed by atoms with E-state index in [0.29, 0.717) is 22.3 Å². The number of halogens is 1. The van der Waals surface area contributed by atoms with Crippen molar-refractivity contribution in [3.05, 3.63) is 107 Å². The van der Waals surface area contributed by atoms with E-state index in [1.54, 1.807) is 72.8 Å². The van der Waals surface area contributed by atoms with Gasteiger partial charge in [-0.15, -0.1) is 0 Å². The summed E-state index contributed by atoms with van der Waals surface area (Å²) in [7, 11) is -0.989. The van der Waals surface area contributed by atoms with Gasteiger partial charge in [0.15, 0.2) is 0 Å². The van der Waals surface area contributed by atoms with E-state index in [1.165, 1.54) is 30.8 Å². The van der Waals surface area contributed by atoms with Crippen molar-refractivity contribution in [1.82, 2.24) is 9.73 Å². The molecule has 0 unspecified atom stereocenters. The molecule has 224 valence electrons. The Morgan fingerprint density at radius 2 is 1.65 bits per heavy atom. The zero-order valence-corrected chi connectivity index (χ0v) is 25.1. The topological polar surface area (TPSA) is 140 Å². The molecule has 4 aromatic rings. The van der Waals surface area contributed by atoms with Gasteiger partial charge in [0, 0.05) is 17.6 Å². The van der Waals surface area contributed by atoms with Gasteiger partial charge in [-0.25, -0.2) is 13.8 Å². The van der Waals surface area contributed by atoms with Crippen LogP contribution in [0.2, 0.25) is 5.02 Å². The monoisotopic (exact) mass is 624 g/mol. The normalized spacial score (nSPS) is 11.5. The van der Waals surface area contributed by atoms with E-state index in [0.717, 1.165) is 11.1 Å². The molecule has 0 aliphatic heterocycles. The lowest BCUT2D eigenvalue weighted by Gasteiger charge is -2.21. The molecule has 13 heteroatoms. The molecule has 0 atom stereocenters. The van der Waals surface area contributed by atoms with Crippen LogP contribution in [0.5, 0.6) is 11.5 Å². The summed E-state index contributed by atoms with van der Waals surface area (Å²) in [5.41, 5.74) is 4.07. The van der Waals surface area contributed by atoms with Crippen LogP contribution in [0.4, 0.5) is 5.69 Å². The van der Waals surface area contributed by atoms with Crippen LogP contribution in [0, 0.1) is 6.92 Å². The minimum Gasteiger partial charge on any atom is -0.497 e. The van der Waals surface area contributed by atoms with Gasteiger partial charge in [-0.2, -0.15) is 9.41 Å². The number of hydrogen-bond acceptors (Lipinski definition) is 8. The first-order chi connectivity index (χ1) is 20.6. The summed E-state index contributed by atoms with van der Waals surface area (Å²) < 4.78 is 44.5. The van der Waals surface area contributed by atoms with Gasteiger partial charge in [0.05, 0.1) is 37.6 Å². The molecular formula is C30H29ClN4O7S. The first-order valence-electron chi connectivity index (χ1n) is 12.9. The molecule has 0 spiro atoms. The molecule has 3 aromatic carbocycles. The molecule has 0 bridgehead atoms. The lowest BCUT2D eigenvalue weighted by molar-refractivity contribution is -0.136. The molecule has 2 N–H and O–H groups in total. The largest absolute Gasteiger partial charge is 0.497 e. The van der Waals surface area contributed by atoms with E-state index in [4.69, 9.17) is 25.5 Å². The molecule has 2 amide bonds. The van der Waals surface area contributed by atoms with Crippen LogP contribution in [0.25, 0.3) is 0 Å². The number of ether oxygens (including phenoxy) is 2. The number of amides is 2. The number of sulfonamides is 1. The van der Waals surface area contributed by atoms with Gasteiger partial charge in [-0.1, -0.05) is 41.4 Å². The summed E-state index contributed by atoms with van der Waals surface area (Å²) in [6.45, 7) is 1.87. The fourth-order valence-corrected chi connectivity index (χ4v) is 5.41. The maximum Gasteiger partial charge on any atom is 0.329 e. The van der Waals surface area contributed by atoms with Gasteiger partial charge in [0.25, 0.3) is 0 Å². The second kappa shape index (κ2) is 14.0. The van der Waals surface area contributed by atoms with Crippen molar-refractivity contribution in [3.8, 4) is 11.5 Å². The summed E-state index contributed by atoms with van der Waals surface area (Å²) in [4.78, 5) is 24.7. The highest BCUT2D eigenvalue weighted by Gasteiger charge is 2.26. The maximum absolute atomic E-state index is 13.6. The number of carbonyl (C=O) groups excluding carboxylic acids is 2. The third-order valence-electron chi connectivity index (χ3n) is 6.17. The molecule has 1 aromatic heterocycles. The minimum atomic E-state index is -3.90. The van der Waals surface area contributed by atoms with E-state index in [2.05, 4.69) is 15.8 Å². The minimum absolute atomic E-state index is 0.0711. The zero-order valence-electron chi connectivity index (χ0n) is 23.5. The summed E-state index contributed by atoms with van der Waals surface area (Å²) in [5, 5.41) is 6.75.